The van der Waals surface area contributed by atoms with Crippen LogP contribution < -0.4 is 10.6 Å². The highest BCUT2D eigenvalue weighted by atomic mass is 31.2. The highest BCUT2D eigenvalue weighted by Gasteiger charge is 2.24. The predicted octanol–water partition coefficient (Wildman–Crippen LogP) is 3.12. The zero-order valence-electron chi connectivity index (χ0n) is 11.9. The fourth-order valence-electron chi connectivity index (χ4n) is 2.05. The van der Waals surface area contributed by atoms with E-state index in [1.807, 2.05) is 60.7 Å². The van der Waals surface area contributed by atoms with Crippen molar-refractivity contribution in [3.05, 3.63) is 60.7 Å². The van der Waals surface area contributed by atoms with Crippen LogP contribution in [0.15, 0.2) is 60.7 Å². The lowest BCUT2D eigenvalue weighted by Crippen LogP contribution is -2.14. The molecule has 0 saturated heterocycles. The van der Waals surface area contributed by atoms with Crippen LogP contribution in [0.4, 0.5) is 0 Å². The third kappa shape index (κ3) is 4.08. The first-order chi connectivity index (χ1) is 10.3. The molecule has 0 fully saturated rings. The van der Waals surface area contributed by atoms with E-state index in [1.165, 1.54) is 0 Å². The van der Waals surface area contributed by atoms with Gasteiger partial charge in [0.1, 0.15) is 0 Å². The average molecular weight is 298 g/mol. The number of benzene rings is 2. The van der Waals surface area contributed by atoms with Crippen molar-refractivity contribution in [3.63, 3.8) is 0 Å². The van der Waals surface area contributed by atoms with Gasteiger partial charge in [-0.25, -0.2) is 0 Å². The fourth-order valence-corrected chi connectivity index (χ4v) is 4.12. The lowest BCUT2D eigenvalue weighted by atomic mass is 10.2. The summed E-state index contributed by atoms with van der Waals surface area (Å²) < 4.78 is 13.4. The number of hydrogen-bond acceptors (Lipinski definition) is 2. The Morgan fingerprint density at radius 3 is 1.86 bits per heavy atom. The second-order valence-corrected chi connectivity index (χ2v) is 7.22. The molecule has 2 aromatic rings. The standard InChI is InChI=1S/C18H19O2P/c19-15-9-1-2-10-16-21(20,17-11-5-3-6-12-17)18-13-7-4-8-14-18/h3-8,11-14,19H,1-2,9,15H2. The molecule has 108 valence electrons. The number of aliphatic hydroxyl groups is 1. The van der Waals surface area contributed by atoms with Crippen LogP contribution in [-0.2, 0) is 4.57 Å². The maximum Gasteiger partial charge on any atom is 0.210 e. The largest absolute Gasteiger partial charge is 0.396 e. The molecule has 0 heterocycles. The van der Waals surface area contributed by atoms with Gasteiger partial charge in [0.2, 0.25) is 7.14 Å². The first kappa shape index (κ1) is 15.6. The zero-order chi connectivity index (χ0) is 15.0. The van der Waals surface area contributed by atoms with E-state index >= 15 is 0 Å². The maximum atomic E-state index is 13.4. The Hall–Kier alpha value is -1.81. The third-order valence-electron chi connectivity index (χ3n) is 3.19. The predicted molar refractivity (Wildman–Crippen MR) is 88.5 cm³/mol. The van der Waals surface area contributed by atoms with Crippen LogP contribution in [0.1, 0.15) is 19.3 Å². The van der Waals surface area contributed by atoms with Crippen LogP contribution in [-0.4, -0.2) is 11.7 Å². The van der Waals surface area contributed by atoms with Crippen molar-refractivity contribution in [2.24, 2.45) is 0 Å². The van der Waals surface area contributed by atoms with Gasteiger partial charge in [-0.1, -0.05) is 66.6 Å². The average Bonchev–Trinajstić information content (AvgIpc) is 2.56. The van der Waals surface area contributed by atoms with Crippen LogP contribution >= 0.6 is 7.14 Å². The molecule has 0 aliphatic carbocycles. The highest BCUT2D eigenvalue weighted by Crippen LogP contribution is 2.41. The Labute approximate surface area is 126 Å². The summed E-state index contributed by atoms with van der Waals surface area (Å²) in [5, 5.41) is 10.3. The molecule has 0 amide bonds. The topological polar surface area (TPSA) is 37.3 Å². The van der Waals surface area contributed by atoms with Gasteiger partial charge in [0.05, 0.1) is 0 Å². The number of rotatable bonds is 5. The quantitative estimate of drug-likeness (QED) is 0.523. The molecule has 0 bridgehead atoms. The van der Waals surface area contributed by atoms with Crippen molar-refractivity contribution in [2.45, 2.75) is 19.3 Å². The van der Waals surface area contributed by atoms with Crippen LogP contribution in [0.5, 0.6) is 0 Å². The summed E-state index contributed by atoms with van der Waals surface area (Å²) >= 11 is 0. The monoisotopic (exact) mass is 298 g/mol. The SMILES string of the molecule is O=P(C#CCCCCO)(c1ccccc1)c1ccccc1. The van der Waals surface area contributed by atoms with E-state index in [1.54, 1.807) is 0 Å². The molecule has 0 radical (unpaired) electrons. The zero-order valence-corrected chi connectivity index (χ0v) is 12.8. The van der Waals surface area contributed by atoms with Crippen LogP contribution in [0.25, 0.3) is 0 Å². The van der Waals surface area contributed by atoms with Crippen molar-refractivity contribution < 1.29 is 9.67 Å². The molecule has 0 aliphatic heterocycles. The van der Waals surface area contributed by atoms with Crippen LogP contribution in [0, 0.1) is 11.6 Å². The van der Waals surface area contributed by atoms with E-state index in [0.29, 0.717) is 6.42 Å². The summed E-state index contributed by atoms with van der Waals surface area (Å²) in [5.41, 5.74) is 3.01. The van der Waals surface area contributed by atoms with Gasteiger partial charge >= 0.3 is 0 Å². The van der Waals surface area contributed by atoms with Crippen LogP contribution in [0.3, 0.4) is 0 Å². The fraction of sp³-hybridized carbons (Fsp3) is 0.222. The van der Waals surface area contributed by atoms with E-state index in [-0.39, 0.29) is 6.61 Å². The molecule has 1 N–H and O–H groups in total. The molecule has 0 aromatic heterocycles. The van der Waals surface area contributed by atoms with E-state index < -0.39 is 7.14 Å². The minimum absolute atomic E-state index is 0.177. The molecular formula is C18H19O2P. The Bertz CT molecular complexity index is 610. The highest BCUT2D eigenvalue weighted by molar-refractivity contribution is 7.83. The van der Waals surface area contributed by atoms with E-state index in [9.17, 15) is 4.57 Å². The van der Waals surface area contributed by atoms with Crippen LogP contribution in [0.2, 0.25) is 0 Å². The summed E-state index contributed by atoms with van der Waals surface area (Å²) in [6.07, 6.45) is 2.22. The van der Waals surface area contributed by atoms with Gasteiger partial charge in [0.25, 0.3) is 0 Å². The lowest BCUT2D eigenvalue weighted by molar-refractivity contribution is 0.285. The first-order valence-corrected chi connectivity index (χ1v) is 8.80. The molecule has 0 atom stereocenters. The molecule has 3 heteroatoms. The van der Waals surface area contributed by atoms with Crippen molar-refractivity contribution in [1.29, 1.82) is 0 Å². The van der Waals surface area contributed by atoms with Gasteiger partial charge in [-0.05, 0) is 18.5 Å². The Morgan fingerprint density at radius 1 is 0.857 bits per heavy atom. The Kier molecular flexibility index (Phi) is 5.81. The van der Waals surface area contributed by atoms with Gasteiger partial charge in [0.15, 0.2) is 0 Å². The summed E-state index contributed by atoms with van der Waals surface area (Å²) in [5.74, 6) is 3.03. The summed E-state index contributed by atoms with van der Waals surface area (Å²) in [4.78, 5) is 0. The van der Waals surface area contributed by atoms with Gasteiger partial charge in [-0.3, -0.25) is 4.57 Å². The van der Waals surface area contributed by atoms with Crippen molar-refractivity contribution in [1.82, 2.24) is 0 Å². The molecule has 21 heavy (non-hydrogen) atoms. The third-order valence-corrected chi connectivity index (χ3v) is 5.71. The molecule has 0 aliphatic rings. The summed E-state index contributed by atoms with van der Waals surface area (Å²) in [6, 6.07) is 18.9. The maximum absolute atomic E-state index is 13.4. The summed E-state index contributed by atoms with van der Waals surface area (Å²) in [6.45, 7) is 0.177. The lowest BCUT2D eigenvalue weighted by Gasteiger charge is -2.12. The molecular weight excluding hydrogens is 279 g/mol. The number of hydrogen-bond donors (Lipinski definition) is 1. The van der Waals surface area contributed by atoms with Crippen molar-refractivity contribution >= 4 is 17.8 Å². The summed E-state index contributed by atoms with van der Waals surface area (Å²) in [7, 11) is -2.90. The van der Waals surface area contributed by atoms with E-state index in [4.69, 9.17) is 5.11 Å². The second kappa shape index (κ2) is 7.84. The molecule has 2 nitrogen and oxygen atoms in total. The van der Waals surface area contributed by atoms with Gasteiger partial charge in [0, 0.05) is 23.6 Å². The smallest absolute Gasteiger partial charge is 0.210 e. The first-order valence-electron chi connectivity index (χ1n) is 7.09. The Balaban J connectivity index is 2.34. The van der Waals surface area contributed by atoms with Gasteiger partial charge in [-0.15, -0.1) is 0 Å². The van der Waals surface area contributed by atoms with E-state index in [2.05, 4.69) is 11.6 Å². The second-order valence-electron chi connectivity index (χ2n) is 4.75. The van der Waals surface area contributed by atoms with Crippen molar-refractivity contribution in [3.8, 4) is 11.6 Å². The van der Waals surface area contributed by atoms with Gasteiger partial charge < -0.3 is 5.11 Å². The van der Waals surface area contributed by atoms with E-state index in [0.717, 1.165) is 23.5 Å². The Morgan fingerprint density at radius 2 is 1.38 bits per heavy atom. The number of aliphatic hydroxyl groups excluding tert-OH is 1. The molecule has 2 aromatic carbocycles. The molecule has 0 unspecified atom stereocenters. The minimum atomic E-state index is -2.90. The van der Waals surface area contributed by atoms with Crippen molar-refractivity contribution in [2.75, 3.05) is 6.61 Å². The molecule has 0 saturated carbocycles. The molecule has 2 rings (SSSR count). The number of unbranched alkanes of at least 4 members (excludes halogenated alkanes) is 2. The van der Waals surface area contributed by atoms with Gasteiger partial charge in [-0.2, -0.15) is 0 Å². The molecule has 0 spiro atoms. The minimum Gasteiger partial charge on any atom is -0.396 e. The normalized spacial score (nSPS) is 10.7.